The minimum atomic E-state index is -0.402. The quantitative estimate of drug-likeness (QED) is 0.903. The van der Waals surface area contributed by atoms with E-state index in [0.29, 0.717) is 19.6 Å². The van der Waals surface area contributed by atoms with Crippen LogP contribution < -0.4 is 0 Å². The highest BCUT2D eigenvalue weighted by atomic mass is 35.5. The van der Waals surface area contributed by atoms with Crippen LogP contribution in [0.5, 0.6) is 0 Å². The minimum absolute atomic E-state index is 0.130. The van der Waals surface area contributed by atoms with Crippen molar-refractivity contribution in [3.63, 3.8) is 0 Å². The van der Waals surface area contributed by atoms with Crippen molar-refractivity contribution in [2.75, 3.05) is 19.8 Å². The van der Waals surface area contributed by atoms with Crippen LogP contribution in [-0.4, -0.2) is 24.9 Å². The summed E-state index contributed by atoms with van der Waals surface area (Å²) in [6.07, 6.45) is 2.38. The number of rotatable bonds is 3. The Morgan fingerprint density at radius 3 is 2.65 bits per heavy atom. The summed E-state index contributed by atoms with van der Waals surface area (Å²) in [5.74, 6) is -0.402. The van der Waals surface area contributed by atoms with Crippen LogP contribution in [0.1, 0.15) is 18.4 Å². The van der Waals surface area contributed by atoms with Crippen molar-refractivity contribution in [2.45, 2.75) is 19.3 Å². The summed E-state index contributed by atoms with van der Waals surface area (Å²) in [6, 6.07) is 4.75. The van der Waals surface area contributed by atoms with Crippen LogP contribution in [0, 0.1) is 11.2 Å². The molecule has 0 atom stereocenters. The Morgan fingerprint density at radius 1 is 1.35 bits per heavy atom. The number of aliphatic hydroxyl groups excluding tert-OH is 1. The number of halogens is 2. The first-order valence-corrected chi connectivity index (χ1v) is 6.16. The molecule has 1 N–H and O–H groups in total. The van der Waals surface area contributed by atoms with Gasteiger partial charge in [-0.2, -0.15) is 0 Å². The number of hydrogen-bond donors (Lipinski definition) is 1. The predicted molar refractivity (Wildman–Crippen MR) is 64.7 cm³/mol. The summed E-state index contributed by atoms with van der Waals surface area (Å²) in [5.41, 5.74) is 0.826. The van der Waals surface area contributed by atoms with Crippen LogP contribution >= 0.6 is 11.6 Å². The van der Waals surface area contributed by atoms with Crippen LogP contribution in [0.4, 0.5) is 4.39 Å². The monoisotopic (exact) mass is 258 g/mol. The molecule has 1 aromatic rings. The smallest absolute Gasteiger partial charge is 0.141 e. The van der Waals surface area contributed by atoms with Gasteiger partial charge in [0, 0.05) is 25.2 Å². The summed E-state index contributed by atoms with van der Waals surface area (Å²) in [5, 5.41) is 9.71. The van der Waals surface area contributed by atoms with Gasteiger partial charge in [-0.1, -0.05) is 17.7 Å². The lowest BCUT2D eigenvalue weighted by Crippen LogP contribution is -2.35. The lowest BCUT2D eigenvalue weighted by molar-refractivity contribution is -0.0157. The van der Waals surface area contributed by atoms with E-state index >= 15 is 0 Å². The molecular weight excluding hydrogens is 243 g/mol. The Morgan fingerprint density at radius 2 is 2.06 bits per heavy atom. The van der Waals surface area contributed by atoms with Crippen LogP contribution in [0.3, 0.4) is 0 Å². The average molecular weight is 259 g/mol. The zero-order valence-corrected chi connectivity index (χ0v) is 10.3. The number of aliphatic hydroxyl groups is 1. The zero-order chi connectivity index (χ0) is 12.3. The molecule has 0 aromatic heterocycles. The Kier molecular flexibility index (Phi) is 4.02. The largest absolute Gasteiger partial charge is 0.396 e. The molecule has 0 saturated carbocycles. The van der Waals surface area contributed by atoms with Gasteiger partial charge in [-0.15, -0.1) is 0 Å². The molecule has 1 fully saturated rings. The Bertz CT molecular complexity index is 389. The van der Waals surface area contributed by atoms with Crippen LogP contribution in [0.15, 0.2) is 18.2 Å². The summed E-state index contributed by atoms with van der Waals surface area (Å²) >= 11 is 5.76. The molecule has 1 aromatic carbocycles. The lowest BCUT2D eigenvalue weighted by atomic mass is 9.76. The number of hydrogen-bond acceptors (Lipinski definition) is 2. The van der Waals surface area contributed by atoms with Gasteiger partial charge in [0.15, 0.2) is 0 Å². The van der Waals surface area contributed by atoms with Gasteiger partial charge in [0.05, 0.1) is 5.02 Å². The molecule has 0 amide bonds. The number of benzene rings is 1. The van der Waals surface area contributed by atoms with E-state index in [-0.39, 0.29) is 17.0 Å². The van der Waals surface area contributed by atoms with Crippen molar-refractivity contribution in [3.05, 3.63) is 34.6 Å². The molecule has 0 bridgehead atoms. The fourth-order valence-corrected chi connectivity index (χ4v) is 2.48. The second-order valence-electron chi connectivity index (χ2n) is 4.70. The first kappa shape index (κ1) is 12.8. The van der Waals surface area contributed by atoms with E-state index in [2.05, 4.69) is 0 Å². The van der Waals surface area contributed by atoms with Crippen molar-refractivity contribution in [1.29, 1.82) is 0 Å². The highest BCUT2D eigenvalue weighted by molar-refractivity contribution is 6.30. The Hall–Kier alpha value is -0.640. The van der Waals surface area contributed by atoms with E-state index in [9.17, 15) is 9.50 Å². The third-order valence-electron chi connectivity index (χ3n) is 3.45. The second-order valence-corrected chi connectivity index (χ2v) is 5.10. The van der Waals surface area contributed by atoms with Gasteiger partial charge in [0.25, 0.3) is 0 Å². The molecule has 0 aliphatic carbocycles. The van der Waals surface area contributed by atoms with E-state index in [0.717, 1.165) is 18.4 Å². The third-order valence-corrected chi connectivity index (χ3v) is 3.74. The second kappa shape index (κ2) is 5.34. The molecule has 1 aliphatic heterocycles. The molecule has 2 rings (SSSR count). The summed E-state index contributed by atoms with van der Waals surface area (Å²) < 4.78 is 18.4. The summed E-state index contributed by atoms with van der Waals surface area (Å²) in [4.78, 5) is 0. The van der Waals surface area contributed by atoms with Gasteiger partial charge in [-0.05, 0) is 37.0 Å². The highest BCUT2D eigenvalue weighted by Crippen LogP contribution is 2.34. The Labute approximate surface area is 105 Å². The molecule has 0 unspecified atom stereocenters. The van der Waals surface area contributed by atoms with Gasteiger partial charge in [0.2, 0.25) is 0 Å². The van der Waals surface area contributed by atoms with Gasteiger partial charge in [-0.25, -0.2) is 4.39 Å². The van der Waals surface area contributed by atoms with Gasteiger partial charge >= 0.3 is 0 Å². The molecule has 1 aliphatic rings. The average Bonchev–Trinajstić information content (AvgIpc) is 2.35. The van der Waals surface area contributed by atoms with Gasteiger partial charge in [0.1, 0.15) is 5.82 Å². The highest BCUT2D eigenvalue weighted by Gasteiger charge is 2.32. The fraction of sp³-hybridized carbons (Fsp3) is 0.538. The van der Waals surface area contributed by atoms with Crippen LogP contribution in [-0.2, 0) is 11.2 Å². The molecule has 0 radical (unpaired) electrons. The summed E-state index contributed by atoms with van der Waals surface area (Å²) in [7, 11) is 0. The molecular formula is C13H16ClFO2. The fourth-order valence-electron chi connectivity index (χ4n) is 2.28. The van der Waals surface area contributed by atoms with E-state index in [4.69, 9.17) is 16.3 Å². The predicted octanol–water partition coefficient (Wildman–Crippen LogP) is 2.81. The van der Waals surface area contributed by atoms with Gasteiger partial charge < -0.3 is 9.84 Å². The molecule has 1 saturated heterocycles. The van der Waals surface area contributed by atoms with Gasteiger partial charge in [-0.3, -0.25) is 0 Å². The van der Waals surface area contributed by atoms with Crippen molar-refractivity contribution in [3.8, 4) is 0 Å². The molecule has 94 valence electrons. The zero-order valence-electron chi connectivity index (χ0n) is 9.59. The van der Waals surface area contributed by atoms with Crippen LogP contribution in [0.2, 0.25) is 5.02 Å². The molecule has 17 heavy (non-hydrogen) atoms. The first-order valence-electron chi connectivity index (χ1n) is 5.78. The molecule has 1 heterocycles. The third kappa shape index (κ3) is 2.97. The van der Waals surface area contributed by atoms with Crippen molar-refractivity contribution in [2.24, 2.45) is 5.41 Å². The minimum Gasteiger partial charge on any atom is -0.396 e. The van der Waals surface area contributed by atoms with E-state index in [1.807, 2.05) is 0 Å². The topological polar surface area (TPSA) is 29.5 Å². The summed E-state index contributed by atoms with van der Waals surface area (Å²) in [6.45, 7) is 1.48. The van der Waals surface area contributed by atoms with E-state index < -0.39 is 5.82 Å². The maximum Gasteiger partial charge on any atom is 0.141 e. The van der Waals surface area contributed by atoms with E-state index in [1.54, 1.807) is 12.1 Å². The molecule has 2 nitrogen and oxygen atoms in total. The normalized spacial score (nSPS) is 19.2. The lowest BCUT2D eigenvalue weighted by Gasteiger charge is -2.35. The molecule has 4 heteroatoms. The SMILES string of the molecule is OCC1(Cc2ccc(F)c(Cl)c2)CCOCC1. The molecule has 0 spiro atoms. The Balaban J connectivity index is 2.14. The number of ether oxygens (including phenoxy) is 1. The van der Waals surface area contributed by atoms with Crippen LogP contribution in [0.25, 0.3) is 0 Å². The van der Waals surface area contributed by atoms with E-state index in [1.165, 1.54) is 6.07 Å². The maximum absolute atomic E-state index is 13.1. The maximum atomic E-state index is 13.1. The standard InChI is InChI=1S/C13H16ClFO2/c14-11-7-10(1-2-12(11)15)8-13(9-16)3-5-17-6-4-13/h1-2,7,16H,3-6,8-9H2. The van der Waals surface area contributed by atoms with Crippen molar-refractivity contribution in [1.82, 2.24) is 0 Å². The first-order chi connectivity index (χ1) is 8.15. The van der Waals surface area contributed by atoms with Crippen molar-refractivity contribution < 1.29 is 14.2 Å². The van der Waals surface area contributed by atoms with Crippen molar-refractivity contribution >= 4 is 11.6 Å².